The SMILES string of the molecule is CN(C[C@@H](CC(=O)Nc1nncs1)c1ccccc1)S(=O)(=O)c1ccccc1. The van der Waals surface area contributed by atoms with Crippen LogP contribution in [0.25, 0.3) is 0 Å². The molecule has 1 N–H and O–H groups in total. The highest BCUT2D eigenvalue weighted by atomic mass is 32.2. The van der Waals surface area contributed by atoms with Gasteiger partial charge in [-0.15, -0.1) is 10.2 Å². The molecule has 3 rings (SSSR count). The molecule has 1 amide bonds. The normalized spacial score (nSPS) is 12.6. The van der Waals surface area contributed by atoms with E-state index in [1.165, 1.54) is 28.2 Å². The maximum atomic E-state index is 12.8. The first kappa shape index (κ1) is 20.1. The summed E-state index contributed by atoms with van der Waals surface area (Å²) >= 11 is 1.23. The molecular weight excluding hydrogens is 396 g/mol. The Balaban J connectivity index is 1.78. The van der Waals surface area contributed by atoms with Crippen LogP contribution in [0.1, 0.15) is 17.9 Å². The summed E-state index contributed by atoms with van der Waals surface area (Å²) in [4.78, 5) is 12.7. The zero-order chi connectivity index (χ0) is 20.0. The van der Waals surface area contributed by atoms with Crippen LogP contribution >= 0.6 is 11.3 Å². The number of anilines is 1. The van der Waals surface area contributed by atoms with Crippen LogP contribution in [0, 0.1) is 0 Å². The van der Waals surface area contributed by atoms with Crippen LogP contribution in [0.4, 0.5) is 5.13 Å². The molecule has 0 spiro atoms. The maximum absolute atomic E-state index is 12.8. The van der Waals surface area contributed by atoms with Crippen LogP contribution in [0.3, 0.4) is 0 Å². The number of sulfonamides is 1. The molecule has 3 aromatic rings. The predicted molar refractivity (Wildman–Crippen MR) is 109 cm³/mol. The second-order valence-corrected chi connectivity index (χ2v) is 9.08. The van der Waals surface area contributed by atoms with Crippen molar-refractivity contribution in [2.24, 2.45) is 0 Å². The van der Waals surface area contributed by atoms with Crippen molar-refractivity contribution < 1.29 is 13.2 Å². The van der Waals surface area contributed by atoms with Gasteiger partial charge in [0.05, 0.1) is 4.90 Å². The predicted octanol–water partition coefficient (Wildman–Crippen LogP) is 2.97. The van der Waals surface area contributed by atoms with Crippen LogP contribution in [-0.2, 0) is 14.8 Å². The number of benzene rings is 2. The molecule has 7 nitrogen and oxygen atoms in total. The topological polar surface area (TPSA) is 92.3 Å². The average Bonchev–Trinajstić information content (AvgIpc) is 3.21. The monoisotopic (exact) mass is 416 g/mol. The Morgan fingerprint density at radius 2 is 1.75 bits per heavy atom. The van der Waals surface area contributed by atoms with Gasteiger partial charge in [0.2, 0.25) is 21.1 Å². The van der Waals surface area contributed by atoms with Gasteiger partial charge in [0, 0.05) is 25.9 Å². The van der Waals surface area contributed by atoms with Crippen molar-refractivity contribution in [3.05, 3.63) is 71.7 Å². The summed E-state index contributed by atoms with van der Waals surface area (Å²) in [5.41, 5.74) is 2.43. The van der Waals surface area contributed by atoms with E-state index in [2.05, 4.69) is 15.5 Å². The molecule has 0 unspecified atom stereocenters. The van der Waals surface area contributed by atoms with Gasteiger partial charge >= 0.3 is 0 Å². The van der Waals surface area contributed by atoms with Crippen molar-refractivity contribution in [2.45, 2.75) is 17.2 Å². The molecule has 0 bridgehead atoms. The number of amides is 1. The maximum Gasteiger partial charge on any atom is 0.242 e. The van der Waals surface area contributed by atoms with Gasteiger partial charge in [-0.25, -0.2) is 12.7 Å². The molecule has 0 aliphatic carbocycles. The number of hydrogen-bond donors (Lipinski definition) is 1. The van der Waals surface area contributed by atoms with E-state index in [4.69, 9.17) is 0 Å². The molecule has 0 aliphatic heterocycles. The Bertz CT molecular complexity index is 994. The van der Waals surface area contributed by atoms with Crippen molar-refractivity contribution in [2.75, 3.05) is 18.9 Å². The van der Waals surface area contributed by atoms with Crippen molar-refractivity contribution in [1.82, 2.24) is 14.5 Å². The average molecular weight is 417 g/mol. The highest BCUT2D eigenvalue weighted by Crippen LogP contribution is 2.24. The lowest BCUT2D eigenvalue weighted by molar-refractivity contribution is -0.116. The number of likely N-dealkylation sites (N-methyl/N-ethyl adjacent to an activating group) is 1. The largest absolute Gasteiger partial charge is 0.301 e. The molecular formula is C19H20N4O3S2. The zero-order valence-electron chi connectivity index (χ0n) is 15.2. The summed E-state index contributed by atoms with van der Waals surface area (Å²) in [5.74, 6) is -0.547. The third-order valence-corrected chi connectivity index (χ3v) is 6.68. The van der Waals surface area contributed by atoms with E-state index in [9.17, 15) is 13.2 Å². The molecule has 1 aromatic heterocycles. The Kier molecular flexibility index (Phi) is 6.50. The molecule has 1 atom stereocenters. The fourth-order valence-corrected chi connectivity index (χ4v) is 4.51. The molecule has 0 saturated carbocycles. The van der Waals surface area contributed by atoms with Crippen molar-refractivity contribution in [1.29, 1.82) is 0 Å². The van der Waals surface area contributed by atoms with Gasteiger partial charge in [0.15, 0.2) is 0 Å². The van der Waals surface area contributed by atoms with Gasteiger partial charge in [-0.05, 0) is 17.7 Å². The van der Waals surface area contributed by atoms with Crippen molar-refractivity contribution in [3.8, 4) is 0 Å². The fraction of sp³-hybridized carbons (Fsp3) is 0.211. The van der Waals surface area contributed by atoms with E-state index in [1.807, 2.05) is 30.3 Å². The van der Waals surface area contributed by atoms with E-state index in [-0.39, 0.29) is 29.7 Å². The molecule has 1 heterocycles. The van der Waals surface area contributed by atoms with Gasteiger partial charge in [-0.3, -0.25) is 4.79 Å². The Morgan fingerprint density at radius 3 is 2.36 bits per heavy atom. The van der Waals surface area contributed by atoms with Crippen LogP contribution in [0.2, 0.25) is 0 Å². The van der Waals surface area contributed by atoms with E-state index in [1.54, 1.807) is 30.3 Å². The quantitative estimate of drug-likeness (QED) is 0.609. The number of rotatable bonds is 8. The number of hydrogen-bond acceptors (Lipinski definition) is 6. The third-order valence-electron chi connectivity index (χ3n) is 4.24. The second kappa shape index (κ2) is 9.05. The van der Waals surface area contributed by atoms with E-state index in [0.29, 0.717) is 5.13 Å². The van der Waals surface area contributed by atoms with Gasteiger partial charge in [0.25, 0.3) is 0 Å². The van der Waals surface area contributed by atoms with Gasteiger partial charge in [-0.2, -0.15) is 0 Å². The van der Waals surface area contributed by atoms with E-state index in [0.717, 1.165) is 5.56 Å². The number of carbonyl (C=O) groups excluding carboxylic acids is 1. The molecule has 0 saturated heterocycles. The van der Waals surface area contributed by atoms with Gasteiger partial charge in [0.1, 0.15) is 5.51 Å². The number of aromatic nitrogens is 2. The van der Waals surface area contributed by atoms with Crippen LogP contribution < -0.4 is 5.32 Å². The number of nitrogens with zero attached hydrogens (tertiary/aromatic N) is 3. The molecule has 2 aromatic carbocycles. The summed E-state index contributed by atoms with van der Waals surface area (Å²) in [6.45, 7) is 0.171. The van der Waals surface area contributed by atoms with Gasteiger partial charge in [-0.1, -0.05) is 59.9 Å². The Morgan fingerprint density at radius 1 is 1.11 bits per heavy atom. The summed E-state index contributed by atoms with van der Waals surface area (Å²) in [6, 6.07) is 17.7. The van der Waals surface area contributed by atoms with Crippen LogP contribution in [0.15, 0.2) is 71.1 Å². The fourth-order valence-electron chi connectivity index (χ4n) is 2.82. The van der Waals surface area contributed by atoms with Crippen molar-refractivity contribution in [3.63, 3.8) is 0 Å². The minimum absolute atomic E-state index is 0.123. The van der Waals surface area contributed by atoms with Crippen LogP contribution in [-0.4, -0.2) is 42.4 Å². The van der Waals surface area contributed by atoms with E-state index >= 15 is 0 Å². The lowest BCUT2D eigenvalue weighted by Gasteiger charge is -2.24. The number of nitrogens with one attached hydrogen (secondary N) is 1. The lowest BCUT2D eigenvalue weighted by atomic mass is 9.95. The molecule has 28 heavy (non-hydrogen) atoms. The highest BCUT2D eigenvalue weighted by Gasteiger charge is 2.26. The van der Waals surface area contributed by atoms with Crippen molar-refractivity contribution >= 4 is 32.4 Å². The summed E-state index contributed by atoms with van der Waals surface area (Å²) in [5, 5.41) is 10.6. The molecule has 146 valence electrons. The lowest BCUT2D eigenvalue weighted by Crippen LogP contribution is -2.32. The molecule has 0 fully saturated rings. The Labute approximate surface area is 168 Å². The smallest absolute Gasteiger partial charge is 0.242 e. The standard InChI is InChI=1S/C19H20N4O3S2/c1-23(28(25,26)17-10-6-3-7-11-17)13-16(15-8-4-2-5-9-15)12-18(24)21-19-22-20-14-27-19/h2-11,14,16H,12-13H2,1H3,(H,21,22,24)/t16-/m1/s1. The first-order chi connectivity index (χ1) is 13.5. The summed E-state index contributed by atoms with van der Waals surface area (Å²) in [7, 11) is -2.12. The Hall–Kier alpha value is -2.62. The first-order valence-electron chi connectivity index (χ1n) is 8.59. The van der Waals surface area contributed by atoms with Crippen LogP contribution in [0.5, 0.6) is 0 Å². The van der Waals surface area contributed by atoms with Gasteiger partial charge < -0.3 is 5.32 Å². The highest BCUT2D eigenvalue weighted by molar-refractivity contribution is 7.89. The zero-order valence-corrected chi connectivity index (χ0v) is 16.9. The minimum atomic E-state index is -3.65. The number of carbonyl (C=O) groups is 1. The summed E-state index contributed by atoms with van der Waals surface area (Å²) < 4.78 is 27.0. The first-order valence-corrected chi connectivity index (χ1v) is 10.9. The molecule has 0 aliphatic rings. The molecule has 9 heteroatoms. The minimum Gasteiger partial charge on any atom is -0.301 e. The van der Waals surface area contributed by atoms with E-state index < -0.39 is 10.0 Å². The summed E-state index contributed by atoms with van der Waals surface area (Å²) in [6.07, 6.45) is 0.123. The molecule has 0 radical (unpaired) electrons. The second-order valence-electron chi connectivity index (χ2n) is 6.20. The third kappa shape index (κ3) is 5.00.